The first-order chi connectivity index (χ1) is 7.29. The highest BCUT2D eigenvalue weighted by atomic mass is 16.5. The van der Waals surface area contributed by atoms with E-state index in [0.717, 1.165) is 12.3 Å². The second kappa shape index (κ2) is 4.47. The molecule has 0 spiro atoms. The largest absolute Gasteiger partial charge is 0.497 e. The quantitative estimate of drug-likeness (QED) is 0.689. The first-order valence-electron chi connectivity index (χ1n) is 5.50. The highest BCUT2D eigenvalue weighted by molar-refractivity contribution is 5.77. The maximum Gasteiger partial charge on any atom is 0.168 e. The number of benzene rings is 1. The fraction of sp³-hybridized carbons (Fsp3) is 0.462. The van der Waals surface area contributed by atoms with Gasteiger partial charge in [0, 0.05) is 25.3 Å². The molecule has 2 heteroatoms. The second-order valence-electron chi connectivity index (χ2n) is 4.11. The van der Waals surface area contributed by atoms with Crippen molar-refractivity contribution in [2.45, 2.75) is 26.3 Å². The molecule has 15 heavy (non-hydrogen) atoms. The summed E-state index contributed by atoms with van der Waals surface area (Å²) in [5.41, 5.74) is 2.84. The van der Waals surface area contributed by atoms with Gasteiger partial charge in [0.05, 0.1) is 7.11 Å². The van der Waals surface area contributed by atoms with E-state index in [4.69, 9.17) is 4.74 Å². The van der Waals surface area contributed by atoms with E-state index in [1.54, 1.807) is 7.11 Å². The van der Waals surface area contributed by atoms with E-state index < -0.39 is 0 Å². The zero-order valence-corrected chi connectivity index (χ0v) is 9.49. The lowest BCUT2D eigenvalue weighted by atomic mass is 10.2. The van der Waals surface area contributed by atoms with Gasteiger partial charge in [-0.1, -0.05) is 12.1 Å². The third-order valence-electron chi connectivity index (χ3n) is 3.01. The Morgan fingerprint density at radius 1 is 1.40 bits per heavy atom. The van der Waals surface area contributed by atoms with Gasteiger partial charge in [-0.25, -0.2) is 4.58 Å². The molecule has 1 aliphatic heterocycles. The molecule has 0 aromatic heterocycles. The monoisotopic (exact) mass is 204 g/mol. The summed E-state index contributed by atoms with van der Waals surface area (Å²) in [4.78, 5) is 0. The lowest BCUT2D eigenvalue weighted by Crippen LogP contribution is -2.12. The third kappa shape index (κ3) is 2.38. The molecule has 1 aromatic rings. The van der Waals surface area contributed by atoms with Gasteiger partial charge in [-0.3, -0.25) is 0 Å². The summed E-state index contributed by atoms with van der Waals surface area (Å²) < 4.78 is 7.67. The summed E-state index contributed by atoms with van der Waals surface area (Å²) in [5.74, 6) is 0.948. The minimum Gasteiger partial charge on any atom is -0.497 e. The lowest BCUT2D eigenvalue weighted by Gasteiger charge is -2.03. The van der Waals surface area contributed by atoms with E-state index in [9.17, 15) is 0 Å². The molecular weight excluding hydrogens is 186 g/mol. The summed E-state index contributed by atoms with van der Waals surface area (Å²) in [6.07, 6.45) is 2.56. The van der Waals surface area contributed by atoms with Crippen LogP contribution < -0.4 is 4.74 Å². The fourth-order valence-corrected chi connectivity index (χ4v) is 2.08. The number of hydrogen-bond donors (Lipinski definition) is 0. The first kappa shape index (κ1) is 10.2. The van der Waals surface area contributed by atoms with Gasteiger partial charge < -0.3 is 4.74 Å². The van der Waals surface area contributed by atoms with Gasteiger partial charge in [0.15, 0.2) is 6.54 Å². The van der Waals surface area contributed by atoms with E-state index in [1.807, 2.05) is 6.07 Å². The highest BCUT2D eigenvalue weighted by Crippen LogP contribution is 2.15. The molecule has 0 saturated heterocycles. The van der Waals surface area contributed by atoms with Crippen molar-refractivity contribution in [2.75, 3.05) is 13.7 Å². The van der Waals surface area contributed by atoms with Crippen molar-refractivity contribution in [3.05, 3.63) is 29.8 Å². The van der Waals surface area contributed by atoms with Crippen molar-refractivity contribution in [2.24, 2.45) is 0 Å². The SMILES string of the molecule is COc1cccc(C[N+]2=C(C)CCC2)c1. The molecule has 1 heterocycles. The Bertz CT molecular complexity index is 382. The van der Waals surface area contributed by atoms with Crippen LogP contribution in [0.1, 0.15) is 25.3 Å². The van der Waals surface area contributed by atoms with Gasteiger partial charge in [0.1, 0.15) is 18.0 Å². The van der Waals surface area contributed by atoms with Crippen LogP contribution in [-0.4, -0.2) is 23.9 Å². The van der Waals surface area contributed by atoms with Crippen LogP contribution in [0.4, 0.5) is 0 Å². The average molecular weight is 204 g/mol. The Kier molecular flexibility index (Phi) is 3.05. The summed E-state index contributed by atoms with van der Waals surface area (Å²) in [7, 11) is 1.71. The maximum absolute atomic E-state index is 5.22. The molecule has 1 aromatic carbocycles. The van der Waals surface area contributed by atoms with Gasteiger partial charge in [-0.2, -0.15) is 0 Å². The molecule has 0 atom stereocenters. The molecular formula is C13H18NO+. The summed E-state index contributed by atoms with van der Waals surface area (Å²) >= 11 is 0. The van der Waals surface area contributed by atoms with Crippen LogP contribution in [0.15, 0.2) is 24.3 Å². The van der Waals surface area contributed by atoms with Crippen LogP contribution in [0.3, 0.4) is 0 Å². The van der Waals surface area contributed by atoms with Gasteiger partial charge in [-0.15, -0.1) is 0 Å². The Labute approximate surface area is 91.2 Å². The van der Waals surface area contributed by atoms with Crippen molar-refractivity contribution in [3.63, 3.8) is 0 Å². The summed E-state index contributed by atoms with van der Waals surface area (Å²) in [6, 6.07) is 8.32. The third-order valence-corrected chi connectivity index (χ3v) is 3.01. The molecule has 80 valence electrons. The van der Waals surface area contributed by atoms with Crippen molar-refractivity contribution >= 4 is 5.71 Å². The van der Waals surface area contributed by atoms with Gasteiger partial charge in [-0.05, 0) is 12.1 Å². The van der Waals surface area contributed by atoms with Crippen LogP contribution in [0.2, 0.25) is 0 Å². The predicted octanol–water partition coefficient (Wildman–Crippen LogP) is 2.46. The van der Waals surface area contributed by atoms with Crippen molar-refractivity contribution < 1.29 is 9.31 Å². The van der Waals surface area contributed by atoms with Crippen LogP contribution >= 0.6 is 0 Å². The maximum atomic E-state index is 5.22. The highest BCUT2D eigenvalue weighted by Gasteiger charge is 2.17. The number of nitrogens with zero attached hydrogens (tertiary/aromatic N) is 1. The van der Waals surface area contributed by atoms with E-state index >= 15 is 0 Å². The molecule has 0 aliphatic carbocycles. The smallest absolute Gasteiger partial charge is 0.168 e. The predicted molar refractivity (Wildman–Crippen MR) is 61.7 cm³/mol. The minimum absolute atomic E-state index is 0.948. The Morgan fingerprint density at radius 2 is 2.27 bits per heavy atom. The molecule has 2 rings (SSSR count). The van der Waals surface area contributed by atoms with Crippen molar-refractivity contribution in [1.82, 2.24) is 0 Å². The second-order valence-corrected chi connectivity index (χ2v) is 4.11. The minimum atomic E-state index is 0.948. The molecule has 0 bridgehead atoms. The Balaban J connectivity index is 2.13. The topological polar surface area (TPSA) is 12.2 Å². The van der Waals surface area contributed by atoms with Crippen LogP contribution in [-0.2, 0) is 6.54 Å². The first-order valence-corrected chi connectivity index (χ1v) is 5.50. The lowest BCUT2D eigenvalue weighted by molar-refractivity contribution is -0.536. The fourth-order valence-electron chi connectivity index (χ4n) is 2.08. The molecule has 1 aliphatic rings. The average Bonchev–Trinajstić information content (AvgIpc) is 2.65. The molecule has 0 N–H and O–H groups in total. The Hall–Kier alpha value is -1.31. The summed E-state index contributed by atoms with van der Waals surface area (Å²) in [5, 5.41) is 0. The molecule has 0 unspecified atom stereocenters. The zero-order valence-electron chi connectivity index (χ0n) is 9.49. The number of ether oxygens (including phenoxy) is 1. The van der Waals surface area contributed by atoms with Crippen molar-refractivity contribution in [1.29, 1.82) is 0 Å². The molecule has 0 radical (unpaired) electrons. The van der Waals surface area contributed by atoms with Gasteiger partial charge in [0.2, 0.25) is 0 Å². The normalized spacial score (nSPS) is 15.9. The summed E-state index contributed by atoms with van der Waals surface area (Å²) in [6.45, 7) is 4.44. The van der Waals surface area contributed by atoms with Gasteiger partial charge >= 0.3 is 0 Å². The van der Waals surface area contributed by atoms with E-state index in [1.165, 1.54) is 30.7 Å². The molecule has 2 nitrogen and oxygen atoms in total. The van der Waals surface area contributed by atoms with E-state index in [0.29, 0.717) is 0 Å². The van der Waals surface area contributed by atoms with E-state index in [-0.39, 0.29) is 0 Å². The van der Waals surface area contributed by atoms with Crippen molar-refractivity contribution in [3.8, 4) is 5.75 Å². The van der Waals surface area contributed by atoms with Crippen LogP contribution in [0, 0.1) is 0 Å². The van der Waals surface area contributed by atoms with Gasteiger partial charge in [0.25, 0.3) is 0 Å². The molecule has 0 saturated carbocycles. The van der Waals surface area contributed by atoms with Crippen LogP contribution in [0.5, 0.6) is 5.75 Å². The molecule has 0 amide bonds. The van der Waals surface area contributed by atoms with Crippen LogP contribution in [0.25, 0.3) is 0 Å². The number of methoxy groups -OCH3 is 1. The number of hydrogen-bond acceptors (Lipinski definition) is 1. The standard InChI is InChI=1S/C13H18NO/c1-11-5-4-8-14(11)10-12-6-3-7-13(9-12)15-2/h3,6-7,9H,4-5,8,10H2,1-2H3/q+1. The molecule has 0 fully saturated rings. The Morgan fingerprint density at radius 3 is 2.93 bits per heavy atom. The zero-order chi connectivity index (χ0) is 10.7. The van der Waals surface area contributed by atoms with E-state index in [2.05, 4.69) is 29.7 Å². The number of rotatable bonds is 3.